The van der Waals surface area contributed by atoms with Crippen LogP contribution in [-0.4, -0.2) is 26.6 Å². The van der Waals surface area contributed by atoms with Crippen LogP contribution in [-0.2, 0) is 16.0 Å². The van der Waals surface area contributed by atoms with E-state index in [0.717, 1.165) is 0 Å². The highest BCUT2D eigenvalue weighted by Crippen LogP contribution is 2.27. The second-order valence-electron chi connectivity index (χ2n) is 3.81. The number of nitro groups is 1. The molecule has 0 aliphatic carbocycles. The molecular formula is C11H9BrN4O4. The number of pyridine rings is 1. The fourth-order valence-corrected chi connectivity index (χ4v) is 2.09. The molecule has 8 nitrogen and oxygen atoms in total. The maximum Gasteiger partial charge on any atom is 0.294 e. The van der Waals surface area contributed by atoms with Crippen molar-refractivity contribution in [3.63, 3.8) is 0 Å². The van der Waals surface area contributed by atoms with Crippen LogP contribution in [0, 0.1) is 10.1 Å². The third kappa shape index (κ3) is 3.18. The van der Waals surface area contributed by atoms with Crippen molar-refractivity contribution in [1.82, 2.24) is 15.2 Å². The van der Waals surface area contributed by atoms with Crippen LogP contribution < -0.4 is 0 Å². The van der Waals surface area contributed by atoms with Crippen molar-refractivity contribution in [2.45, 2.75) is 12.5 Å². The Morgan fingerprint density at radius 3 is 3.00 bits per heavy atom. The minimum absolute atomic E-state index is 0.0929. The normalized spacial score (nSPS) is 11.8. The lowest BCUT2D eigenvalue weighted by Crippen LogP contribution is -2.11. The molecule has 0 aromatic carbocycles. The van der Waals surface area contributed by atoms with E-state index < -0.39 is 11.0 Å². The van der Waals surface area contributed by atoms with Crippen LogP contribution in [0.5, 0.6) is 0 Å². The Bertz CT molecular complexity index is 630. The predicted molar refractivity (Wildman–Crippen MR) is 70.8 cm³/mol. The van der Waals surface area contributed by atoms with Crippen LogP contribution in [0.4, 0.5) is 5.69 Å². The van der Waals surface area contributed by atoms with E-state index in [0.29, 0.717) is 10.3 Å². The third-order valence-electron chi connectivity index (χ3n) is 2.54. The molecule has 1 atom stereocenters. The molecule has 0 fully saturated rings. The first-order valence-corrected chi connectivity index (χ1v) is 6.29. The van der Waals surface area contributed by atoms with E-state index in [1.807, 2.05) is 0 Å². The zero-order valence-corrected chi connectivity index (χ0v) is 11.6. The number of hydrogen-bond donors (Lipinski definition) is 1. The topological polar surface area (TPSA) is 111 Å². The van der Waals surface area contributed by atoms with Crippen LogP contribution in [0.15, 0.2) is 29.0 Å². The minimum Gasteiger partial charge on any atom is -0.457 e. The molecule has 2 aromatic rings. The van der Waals surface area contributed by atoms with Crippen molar-refractivity contribution in [3.05, 3.63) is 50.5 Å². The summed E-state index contributed by atoms with van der Waals surface area (Å²) in [5.41, 5.74) is 0.553. The molecule has 104 valence electrons. The van der Waals surface area contributed by atoms with Crippen molar-refractivity contribution in [1.29, 1.82) is 0 Å². The second kappa shape index (κ2) is 6.24. The number of H-pyrrole nitrogens is 1. The zero-order chi connectivity index (χ0) is 14.5. The average Bonchev–Trinajstić information content (AvgIpc) is 2.84. The molecule has 9 heteroatoms. The maximum absolute atomic E-state index is 11.0. The molecule has 2 aromatic heterocycles. The summed E-state index contributed by atoms with van der Waals surface area (Å²) in [4.78, 5) is 25.0. The fourth-order valence-electron chi connectivity index (χ4n) is 1.73. The molecule has 0 aliphatic rings. The monoisotopic (exact) mass is 340 g/mol. The molecule has 0 bridgehead atoms. The minimum atomic E-state index is -0.860. The lowest BCUT2D eigenvalue weighted by atomic mass is 10.1. The zero-order valence-electron chi connectivity index (χ0n) is 10.0. The first-order valence-electron chi connectivity index (χ1n) is 5.50. The third-order valence-corrected chi connectivity index (χ3v) is 2.95. The van der Waals surface area contributed by atoms with Crippen molar-refractivity contribution < 1.29 is 14.5 Å². The van der Waals surface area contributed by atoms with Gasteiger partial charge in [-0.1, -0.05) is 0 Å². The summed E-state index contributed by atoms with van der Waals surface area (Å²) in [5.74, 6) is 0. The van der Waals surface area contributed by atoms with Gasteiger partial charge in [0.25, 0.3) is 12.2 Å². The molecule has 2 heterocycles. The summed E-state index contributed by atoms with van der Waals surface area (Å²) in [6.45, 7) is 0.245. The van der Waals surface area contributed by atoms with Gasteiger partial charge in [0.2, 0.25) is 0 Å². The summed E-state index contributed by atoms with van der Waals surface area (Å²) in [6, 6.07) is 4.45. The lowest BCUT2D eigenvalue weighted by Gasteiger charge is -2.13. The van der Waals surface area contributed by atoms with Gasteiger partial charge in [-0.25, -0.2) is 0 Å². The van der Waals surface area contributed by atoms with Gasteiger partial charge >= 0.3 is 0 Å². The smallest absolute Gasteiger partial charge is 0.294 e. The number of rotatable bonds is 6. The number of ether oxygens (including phenoxy) is 1. The van der Waals surface area contributed by atoms with Gasteiger partial charge in [0, 0.05) is 24.4 Å². The number of hydrogen-bond acceptors (Lipinski definition) is 6. The van der Waals surface area contributed by atoms with Gasteiger partial charge < -0.3 is 4.74 Å². The van der Waals surface area contributed by atoms with Gasteiger partial charge in [0.05, 0.1) is 4.92 Å². The Morgan fingerprint density at radius 1 is 1.60 bits per heavy atom. The quantitative estimate of drug-likeness (QED) is 0.488. The highest BCUT2D eigenvalue weighted by atomic mass is 79.9. The van der Waals surface area contributed by atoms with E-state index in [2.05, 4.69) is 31.1 Å². The summed E-state index contributed by atoms with van der Waals surface area (Å²) in [5, 5.41) is 17.6. The molecular weight excluding hydrogens is 332 g/mol. The van der Waals surface area contributed by atoms with Crippen LogP contribution in [0.2, 0.25) is 0 Å². The molecule has 0 saturated heterocycles. The Labute approximate surface area is 121 Å². The maximum atomic E-state index is 11.0. The largest absolute Gasteiger partial charge is 0.457 e. The van der Waals surface area contributed by atoms with Gasteiger partial charge in [-0.2, -0.15) is 5.10 Å². The molecule has 2 rings (SSSR count). The summed E-state index contributed by atoms with van der Waals surface area (Å²) in [7, 11) is 0. The average molecular weight is 341 g/mol. The second-order valence-corrected chi connectivity index (χ2v) is 4.62. The van der Waals surface area contributed by atoms with E-state index in [4.69, 9.17) is 4.74 Å². The molecule has 0 spiro atoms. The Balaban J connectivity index is 2.33. The van der Waals surface area contributed by atoms with Crippen molar-refractivity contribution in [2.24, 2.45) is 0 Å². The van der Waals surface area contributed by atoms with Crippen molar-refractivity contribution >= 4 is 28.1 Å². The first kappa shape index (κ1) is 14.1. The fraction of sp³-hybridized carbons (Fsp3) is 0.182. The summed E-state index contributed by atoms with van der Waals surface area (Å²) in [6.07, 6.45) is 0.753. The number of aromatic nitrogens is 3. The summed E-state index contributed by atoms with van der Waals surface area (Å²) >= 11 is 3.18. The van der Waals surface area contributed by atoms with Gasteiger partial charge in [-0.15, -0.1) is 0 Å². The van der Waals surface area contributed by atoms with Crippen LogP contribution in [0.1, 0.15) is 17.5 Å². The molecule has 0 amide bonds. The molecule has 1 N–H and O–H groups in total. The van der Waals surface area contributed by atoms with Crippen molar-refractivity contribution in [3.8, 4) is 0 Å². The molecule has 0 radical (unpaired) electrons. The highest BCUT2D eigenvalue weighted by Gasteiger charge is 2.25. The SMILES string of the molecule is O=COC(Cc1cc(Br)n[nH]1)c1ncccc1[N+](=O)[O-]. The number of carbonyl (C=O) groups excluding carboxylic acids is 1. The van der Waals surface area contributed by atoms with Gasteiger partial charge in [0.15, 0.2) is 11.8 Å². The molecule has 0 saturated carbocycles. The Morgan fingerprint density at radius 2 is 2.40 bits per heavy atom. The van der Waals surface area contributed by atoms with E-state index in [9.17, 15) is 14.9 Å². The van der Waals surface area contributed by atoms with Crippen LogP contribution >= 0.6 is 15.9 Å². The Kier molecular flexibility index (Phi) is 4.41. The molecule has 20 heavy (non-hydrogen) atoms. The Hall–Kier alpha value is -2.29. The van der Waals surface area contributed by atoms with E-state index >= 15 is 0 Å². The van der Waals surface area contributed by atoms with Crippen LogP contribution in [0.3, 0.4) is 0 Å². The number of halogens is 1. The van der Waals surface area contributed by atoms with E-state index in [1.54, 1.807) is 6.07 Å². The van der Waals surface area contributed by atoms with Gasteiger partial charge in [-0.05, 0) is 28.1 Å². The number of nitrogens with one attached hydrogen (secondary N) is 1. The van der Waals surface area contributed by atoms with E-state index in [1.165, 1.54) is 18.3 Å². The van der Waals surface area contributed by atoms with Gasteiger partial charge in [-0.3, -0.25) is 25.0 Å². The number of aromatic amines is 1. The summed E-state index contributed by atoms with van der Waals surface area (Å²) < 4.78 is 5.51. The van der Waals surface area contributed by atoms with Crippen molar-refractivity contribution in [2.75, 3.05) is 0 Å². The highest BCUT2D eigenvalue weighted by molar-refractivity contribution is 9.10. The standard InChI is InChI=1S/C11H9BrN4O4/c12-10-5-7(14-15-10)4-9(20-6-17)11-8(16(18)19)2-1-3-13-11/h1-3,5-6,9H,4H2,(H,14,15). The predicted octanol–water partition coefficient (Wildman–Crippen LogP) is 1.93. The van der Waals surface area contributed by atoms with Crippen LogP contribution in [0.25, 0.3) is 0 Å². The first-order chi connectivity index (χ1) is 9.61. The lowest BCUT2D eigenvalue weighted by molar-refractivity contribution is -0.386. The number of carbonyl (C=O) groups is 1. The molecule has 1 unspecified atom stereocenters. The molecule has 0 aliphatic heterocycles. The van der Waals surface area contributed by atoms with E-state index in [-0.39, 0.29) is 24.3 Å². The van der Waals surface area contributed by atoms with Gasteiger partial charge in [0.1, 0.15) is 4.60 Å². The number of nitrogens with zero attached hydrogens (tertiary/aromatic N) is 3.